The van der Waals surface area contributed by atoms with Gasteiger partial charge in [-0.25, -0.2) is 9.50 Å². The van der Waals surface area contributed by atoms with Gasteiger partial charge in [0.1, 0.15) is 10.8 Å². The average Bonchev–Trinajstić information content (AvgIpc) is 3.16. The maximum atomic E-state index is 13.2. The SMILES string of the molecule is COc1ccccc1-c1c(C)nn2c(SCC(=O)N(Cc3ccccc3)C(C)C)cc(C)nc12. The second kappa shape index (κ2) is 10.3. The molecule has 4 rings (SSSR count). The molecule has 0 unspecified atom stereocenters. The third-order valence-corrected chi connectivity index (χ3v) is 6.70. The molecule has 0 N–H and O–H groups in total. The van der Waals surface area contributed by atoms with Gasteiger partial charge in [0.2, 0.25) is 5.91 Å². The number of para-hydroxylation sites is 1. The van der Waals surface area contributed by atoms with Crippen molar-refractivity contribution in [1.82, 2.24) is 19.5 Å². The molecule has 6 nitrogen and oxygen atoms in total. The van der Waals surface area contributed by atoms with Gasteiger partial charge in [-0.2, -0.15) is 5.10 Å². The molecule has 0 saturated carbocycles. The average molecular weight is 475 g/mol. The van der Waals surface area contributed by atoms with E-state index in [1.54, 1.807) is 7.11 Å². The molecule has 2 heterocycles. The van der Waals surface area contributed by atoms with E-state index in [9.17, 15) is 4.79 Å². The lowest BCUT2D eigenvalue weighted by molar-refractivity contribution is -0.130. The maximum absolute atomic E-state index is 13.2. The van der Waals surface area contributed by atoms with Gasteiger partial charge in [-0.3, -0.25) is 4.79 Å². The van der Waals surface area contributed by atoms with Crippen LogP contribution < -0.4 is 4.74 Å². The van der Waals surface area contributed by atoms with Crippen LogP contribution in [0.4, 0.5) is 0 Å². The van der Waals surface area contributed by atoms with Crippen molar-refractivity contribution in [3.8, 4) is 16.9 Å². The topological polar surface area (TPSA) is 59.7 Å². The highest BCUT2D eigenvalue weighted by molar-refractivity contribution is 7.99. The standard InChI is InChI=1S/C27H30N4O2S/c1-18(2)30(16-21-11-7-6-8-12-21)24(32)17-34-25-15-19(3)28-27-26(20(4)29-31(25)27)22-13-9-10-14-23(22)33-5/h6-15,18H,16-17H2,1-5H3. The van der Waals surface area contributed by atoms with Gasteiger partial charge < -0.3 is 9.64 Å². The number of ether oxygens (including phenoxy) is 1. The molecule has 0 aliphatic carbocycles. The summed E-state index contributed by atoms with van der Waals surface area (Å²) in [4.78, 5) is 19.9. The number of fused-ring (bicyclic) bond motifs is 1. The maximum Gasteiger partial charge on any atom is 0.233 e. The number of methoxy groups -OCH3 is 1. The fourth-order valence-corrected chi connectivity index (χ4v) is 4.98. The molecular weight excluding hydrogens is 444 g/mol. The normalized spacial score (nSPS) is 11.2. The first-order chi connectivity index (χ1) is 16.4. The Balaban J connectivity index is 1.63. The summed E-state index contributed by atoms with van der Waals surface area (Å²) >= 11 is 1.49. The first-order valence-electron chi connectivity index (χ1n) is 11.4. The third-order valence-electron chi connectivity index (χ3n) is 5.72. The Labute approximate surface area is 205 Å². The quantitative estimate of drug-likeness (QED) is 0.247. The van der Waals surface area contributed by atoms with Crippen LogP contribution in [0.1, 0.15) is 30.8 Å². The summed E-state index contributed by atoms with van der Waals surface area (Å²) in [6, 6.07) is 20.1. The number of aryl methyl sites for hydroxylation is 2. The van der Waals surface area contributed by atoms with E-state index in [0.717, 1.165) is 44.5 Å². The predicted octanol–water partition coefficient (Wildman–Crippen LogP) is 5.55. The van der Waals surface area contributed by atoms with Crippen molar-refractivity contribution in [3.63, 3.8) is 0 Å². The fourth-order valence-electron chi connectivity index (χ4n) is 4.04. The molecule has 0 saturated heterocycles. The van der Waals surface area contributed by atoms with Crippen LogP contribution in [0.15, 0.2) is 65.7 Å². The van der Waals surface area contributed by atoms with E-state index in [0.29, 0.717) is 12.3 Å². The number of hydrogen-bond acceptors (Lipinski definition) is 5. The minimum absolute atomic E-state index is 0.0975. The molecule has 0 atom stereocenters. The van der Waals surface area contributed by atoms with Gasteiger partial charge in [0.15, 0.2) is 5.65 Å². The molecule has 0 bridgehead atoms. The number of nitrogens with zero attached hydrogens (tertiary/aromatic N) is 4. The van der Waals surface area contributed by atoms with Crippen LogP contribution >= 0.6 is 11.8 Å². The van der Waals surface area contributed by atoms with Gasteiger partial charge >= 0.3 is 0 Å². The Morgan fingerprint density at radius 2 is 1.79 bits per heavy atom. The highest BCUT2D eigenvalue weighted by Crippen LogP contribution is 2.36. The number of thioether (sulfide) groups is 1. The number of aromatic nitrogens is 3. The lowest BCUT2D eigenvalue weighted by Crippen LogP contribution is -2.37. The molecule has 7 heteroatoms. The number of hydrogen-bond donors (Lipinski definition) is 0. The molecule has 0 spiro atoms. The van der Waals surface area contributed by atoms with E-state index in [-0.39, 0.29) is 11.9 Å². The van der Waals surface area contributed by atoms with E-state index < -0.39 is 0 Å². The molecule has 0 fully saturated rings. The Morgan fingerprint density at radius 3 is 2.50 bits per heavy atom. The monoisotopic (exact) mass is 474 g/mol. The largest absolute Gasteiger partial charge is 0.496 e. The van der Waals surface area contributed by atoms with Crippen LogP contribution in [-0.4, -0.2) is 44.3 Å². The Hall–Kier alpha value is -3.32. The van der Waals surface area contributed by atoms with Crippen molar-refractivity contribution in [3.05, 3.63) is 77.6 Å². The zero-order chi connectivity index (χ0) is 24.2. The van der Waals surface area contributed by atoms with E-state index in [2.05, 4.69) is 26.0 Å². The summed E-state index contributed by atoms with van der Waals surface area (Å²) in [6.07, 6.45) is 0. The Morgan fingerprint density at radius 1 is 1.09 bits per heavy atom. The van der Waals surface area contributed by atoms with Gasteiger partial charge in [0, 0.05) is 23.8 Å². The van der Waals surface area contributed by atoms with Gasteiger partial charge in [-0.05, 0) is 45.4 Å². The van der Waals surface area contributed by atoms with Crippen LogP contribution in [0.25, 0.3) is 16.8 Å². The molecule has 4 aromatic rings. The molecule has 176 valence electrons. The lowest BCUT2D eigenvalue weighted by atomic mass is 10.1. The number of rotatable bonds is 8. The molecule has 0 aliphatic rings. The smallest absolute Gasteiger partial charge is 0.233 e. The zero-order valence-electron chi connectivity index (χ0n) is 20.3. The minimum atomic E-state index is 0.0975. The highest BCUT2D eigenvalue weighted by Gasteiger charge is 2.21. The van der Waals surface area contributed by atoms with Crippen molar-refractivity contribution in [2.24, 2.45) is 0 Å². The fraction of sp³-hybridized carbons (Fsp3) is 0.296. The van der Waals surface area contributed by atoms with Crippen molar-refractivity contribution >= 4 is 23.3 Å². The summed E-state index contributed by atoms with van der Waals surface area (Å²) in [5, 5.41) is 5.68. The van der Waals surface area contributed by atoms with E-state index in [1.165, 1.54) is 11.8 Å². The summed E-state index contributed by atoms with van der Waals surface area (Å²) in [5.41, 5.74) is 5.54. The second-order valence-corrected chi connectivity index (χ2v) is 9.52. The molecule has 0 radical (unpaired) electrons. The molecule has 2 aromatic carbocycles. The molecule has 0 aliphatic heterocycles. The number of carbonyl (C=O) groups is 1. The van der Waals surface area contributed by atoms with E-state index >= 15 is 0 Å². The van der Waals surface area contributed by atoms with Crippen LogP contribution in [-0.2, 0) is 11.3 Å². The van der Waals surface area contributed by atoms with E-state index in [4.69, 9.17) is 14.8 Å². The highest BCUT2D eigenvalue weighted by atomic mass is 32.2. The zero-order valence-corrected chi connectivity index (χ0v) is 21.1. The van der Waals surface area contributed by atoms with Crippen LogP contribution in [0.3, 0.4) is 0 Å². The predicted molar refractivity (Wildman–Crippen MR) is 137 cm³/mol. The summed E-state index contributed by atoms with van der Waals surface area (Å²) < 4.78 is 7.44. The summed E-state index contributed by atoms with van der Waals surface area (Å²) in [6.45, 7) is 8.65. The Bertz CT molecular complexity index is 1300. The van der Waals surface area contributed by atoms with Gasteiger partial charge in [0.05, 0.1) is 24.1 Å². The van der Waals surface area contributed by atoms with Crippen molar-refractivity contribution < 1.29 is 9.53 Å². The summed E-state index contributed by atoms with van der Waals surface area (Å²) in [5.74, 6) is 1.20. The van der Waals surface area contributed by atoms with Crippen molar-refractivity contribution in [1.29, 1.82) is 0 Å². The van der Waals surface area contributed by atoms with Gasteiger partial charge in [0.25, 0.3) is 0 Å². The van der Waals surface area contributed by atoms with Crippen molar-refractivity contribution in [2.75, 3.05) is 12.9 Å². The number of amides is 1. The first-order valence-corrected chi connectivity index (χ1v) is 12.3. The van der Waals surface area contributed by atoms with Crippen LogP contribution in [0, 0.1) is 13.8 Å². The molecule has 34 heavy (non-hydrogen) atoms. The lowest BCUT2D eigenvalue weighted by Gasteiger charge is -2.27. The molecular formula is C27H30N4O2S. The number of carbonyl (C=O) groups excluding carboxylic acids is 1. The van der Waals surface area contributed by atoms with E-state index in [1.807, 2.05) is 71.8 Å². The first kappa shape index (κ1) is 23.8. The van der Waals surface area contributed by atoms with Crippen LogP contribution in [0.5, 0.6) is 5.75 Å². The Kier molecular flexibility index (Phi) is 7.22. The third kappa shape index (κ3) is 4.94. The minimum Gasteiger partial charge on any atom is -0.496 e. The van der Waals surface area contributed by atoms with Crippen molar-refractivity contribution in [2.45, 2.75) is 45.3 Å². The number of benzene rings is 2. The van der Waals surface area contributed by atoms with Crippen LogP contribution in [0.2, 0.25) is 0 Å². The van der Waals surface area contributed by atoms with Gasteiger partial charge in [-0.15, -0.1) is 0 Å². The second-order valence-electron chi connectivity index (χ2n) is 8.52. The van der Waals surface area contributed by atoms with Gasteiger partial charge in [-0.1, -0.05) is 60.3 Å². The molecule has 1 amide bonds. The summed E-state index contributed by atoms with van der Waals surface area (Å²) in [7, 11) is 1.67. The molecule has 2 aromatic heterocycles.